The number of rotatable bonds is 13. The molecule has 1 heterocycles. The second-order valence-electron chi connectivity index (χ2n) is 7.19. The number of nitriles is 1. The van der Waals surface area contributed by atoms with Crippen LogP contribution in [0.15, 0.2) is 25.1 Å². The average molecular weight is 426 g/mol. The van der Waals surface area contributed by atoms with Crippen molar-refractivity contribution >= 4 is 14.4 Å². The van der Waals surface area contributed by atoms with E-state index in [4.69, 9.17) is 19.0 Å². The maximum absolute atomic E-state index is 11.4. The van der Waals surface area contributed by atoms with Crippen LogP contribution in [0.25, 0.3) is 0 Å². The minimum absolute atomic E-state index is 0.0680. The van der Waals surface area contributed by atoms with Crippen molar-refractivity contribution in [2.75, 3.05) is 20.3 Å². The van der Waals surface area contributed by atoms with Gasteiger partial charge < -0.3 is 24.0 Å². The molecule has 1 saturated heterocycles. The Morgan fingerprint density at radius 2 is 2.03 bits per heavy atom. The summed E-state index contributed by atoms with van der Waals surface area (Å²) in [5.74, 6) is -0.183. The Kier molecular flexibility index (Phi) is 12.1. The van der Waals surface area contributed by atoms with E-state index in [2.05, 4.69) is 50.3 Å². The summed E-state index contributed by atoms with van der Waals surface area (Å²) in [6.45, 7) is 13.0. The molecule has 1 rings (SSSR count). The number of hydrogen-bond acceptors (Lipinski definition) is 7. The van der Waals surface area contributed by atoms with Gasteiger partial charge in [-0.05, 0) is 46.7 Å². The summed E-state index contributed by atoms with van der Waals surface area (Å²) in [6, 6.07) is 2.62. The van der Waals surface area contributed by atoms with Crippen LogP contribution in [0.3, 0.4) is 0 Å². The molecular weight excluding hydrogens is 391 g/mol. The van der Waals surface area contributed by atoms with Crippen LogP contribution < -0.4 is 5.32 Å². The van der Waals surface area contributed by atoms with Gasteiger partial charge in [-0.25, -0.2) is 4.67 Å². The van der Waals surface area contributed by atoms with Crippen molar-refractivity contribution in [3.63, 3.8) is 0 Å². The number of carbonyl (C=O) groups excluding carboxylic acids is 1. The number of hydrogen-bond donors (Lipinski definition) is 1. The number of carbonyl (C=O) groups is 1. The number of likely N-dealkylation sites (N-methyl/N-ethyl adjacent to an activating group) is 1. The maximum Gasteiger partial charge on any atom is 0.259 e. The molecule has 0 radical (unpaired) electrons. The zero-order valence-corrected chi connectivity index (χ0v) is 19.1. The third kappa shape index (κ3) is 8.81. The molecule has 3 atom stereocenters. The number of ether oxygens (including phenoxy) is 1. The third-order valence-electron chi connectivity index (χ3n) is 4.31. The molecule has 0 bridgehead atoms. The Morgan fingerprint density at radius 1 is 1.34 bits per heavy atom. The van der Waals surface area contributed by atoms with Crippen molar-refractivity contribution in [3.8, 4) is 6.07 Å². The minimum Gasteiger partial charge on any atom is -0.356 e. The first-order valence-electron chi connectivity index (χ1n) is 10.0. The van der Waals surface area contributed by atoms with E-state index in [9.17, 15) is 4.79 Å². The molecular formula is C20H35N4O4P. The molecule has 0 aromatic carbocycles. The van der Waals surface area contributed by atoms with E-state index in [-0.39, 0.29) is 30.3 Å². The molecule has 8 nitrogen and oxygen atoms in total. The summed E-state index contributed by atoms with van der Waals surface area (Å²) in [6.07, 6.45) is 6.49. The predicted octanol–water partition coefficient (Wildman–Crippen LogP) is 3.49. The van der Waals surface area contributed by atoms with Crippen LogP contribution in [0.2, 0.25) is 0 Å². The fourth-order valence-electron chi connectivity index (χ4n) is 3.00. The second kappa shape index (κ2) is 13.7. The van der Waals surface area contributed by atoms with Crippen LogP contribution in [0.5, 0.6) is 0 Å². The van der Waals surface area contributed by atoms with Gasteiger partial charge in [-0.2, -0.15) is 5.26 Å². The van der Waals surface area contributed by atoms with Gasteiger partial charge in [-0.1, -0.05) is 6.58 Å². The van der Waals surface area contributed by atoms with Crippen molar-refractivity contribution in [2.24, 2.45) is 0 Å². The van der Waals surface area contributed by atoms with Gasteiger partial charge in [0.05, 0.1) is 31.8 Å². The Labute approximate surface area is 176 Å². The predicted molar refractivity (Wildman–Crippen MR) is 114 cm³/mol. The van der Waals surface area contributed by atoms with E-state index in [0.29, 0.717) is 19.6 Å². The molecule has 1 aliphatic rings. The van der Waals surface area contributed by atoms with Crippen molar-refractivity contribution in [1.82, 2.24) is 14.9 Å². The Hall–Kier alpha value is -1.49. The lowest BCUT2D eigenvalue weighted by Crippen LogP contribution is -2.34. The SMILES string of the molecule is C=CN(/C=C\C(=O)NC)C1CCC(COP(OCCC#N)N(C(C)C)C(C)C)O1. The van der Waals surface area contributed by atoms with Crippen LogP contribution in [-0.2, 0) is 18.6 Å². The standard InChI is InChI=1S/C20H35N4O4P/c1-7-23(13-11-19(25)22-6)20-10-9-18(28-20)15-27-29(26-14-8-12-21)24(16(2)3)17(4)5/h7,11,13,16-18,20H,1,8-10,14-15H2,2-6H3,(H,22,25)/b13-11-. The molecule has 29 heavy (non-hydrogen) atoms. The van der Waals surface area contributed by atoms with E-state index in [0.717, 1.165) is 12.8 Å². The van der Waals surface area contributed by atoms with Crippen molar-refractivity contribution < 1.29 is 18.6 Å². The summed E-state index contributed by atoms with van der Waals surface area (Å²) in [5.41, 5.74) is 0. The molecule has 1 amide bonds. The number of nitrogens with one attached hydrogen (secondary N) is 1. The van der Waals surface area contributed by atoms with Crippen LogP contribution in [-0.4, -0.2) is 60.2 Å². The first kappa shape index (κ1) is 25.5. The van der Waals surface area contributed by atoms with Gasteiger partial charge in [-0.15, -0.1) is 0 Å². The lowest BCUT2D eigenvalue weighted by atomic mass is 10.2. The van der Waals surface area contributed by atoms with Gasteiger partial charge in [0.25, 0.3) is 8.53 Å². The zero-order chi connectivity index (χ0) is 21.8. The van der Waals surface area contributed by atoms with E-state index in [1.165, 1.54) is 6.08 Å². The Bertz CT molecular complexity index is 571. The van der Waals surface area contributed by atoms with Gasteiger partial charge in [0.1, 0.15) is 6.23 Å². The molecule has 164 valence electrons. The topological polar surface area (TPSA) is 87.1 Å². The highest BCUT2D eigenvalue weighted by molar-refractivity contribution is 7.44. The molecule has 0 aromatic heterocycles. The average Bonchev–Trinajstić information content (AvgIpc) is 3.14. The van der Waals surface area contributed by atoms with Crippen molar-refractivity contribution in [2.45, 2.75) is 71.4 Å². The third-order valence-corrected chi connectivity index (χ3v) is 6.38. The lowest BCUT2D eigenvalue weighted by molar-refractivity contribution is -0.116. The highest BCUT2D eigenvalue weighted by Crippen LogP contribution is 2.46. The van der Waals surface area contributed by atoms with E-state index in [1.807, 2.05) is 0 Å². The Morgan fingerprint density at radius 3 is 2.59 bits per heavy atom. The fourth-order valence-corrected chi connectivity index (χ4v) is 4.64. The maximum atomic E-state index is 11.4. The molecule has 0 aliphatic carbocycles. The summed E-state index contributed by atoms with van der Waals surface area (Å²) in [7, 11) is 0.302. The van der Waals surface area contributed by atoms with Crippen LogP contribution >= 0.6 is 8.53 Å². The molecule has 9 heteroatoms. The van der Waals surface area contributed by atoms with E-state index >= 15 is 0 Å². The molecule has 3 unspecified atom stereocenters. The van der Waals surface area contributed by atoms with Gasteiger partial charge in [-0.3, -0.25) is 4.79 Å². The molecule has 0 saturated carbocycles. The van der Waals surface area contributed by atoms with Gasteiger partial charge in [0.2, 0.25) is 5.91 Å². The molecule has 1 aliphatic heterocycles. The fraction of sp³-hybridized carbons (Fsp3) is 0.700. The normalized spacial score (nSPS) is 20.4. The largest absolute Gasteiger partial charge is 0.356 e. The molecule has 0 spiro atoms. The quantitative estimate of drug-likeness (QED) is 0.274. The highest BCUT2D eigenvalue weighted by atomic mass is 31.2. The van der Waals surface area contributed by atoms with Crippen LogP contribution in [0.4, 0.5) is 0 Å². The van der Waals surface area contributed by atoms with E-state index < -0.39 is 8.53 Å². The molecule has 0 aromatic rings. The van der Waals surface area contributed by atoms with Gasteiger partial charge in [0, 0.05) is 31.4 Å². The summed E-state index contributed by atoms with van der Waals surface area (Å²) in [5, 5.41) is 11.3. The van der Waals surface area contributed by atoms with E-state index in [1.54, 1.807) is 24.3 Å². The summed E-state index contributed by atoms with van der Waals surface area (Å²) >= 11 is 0. The Balaban J connectivity index is 2.65. The smallest absolute Gasteiger partial charge is 0.259 e. The van der Waals surface area contributed by atoms with Crippen molar-refractivity contribution in [1.29, 1.82) is 5.26 Å². The monoisotopic (exact) mass is 426 g/mol. The van der Waals surface area contributed by atoms with Crippen LogP contribution in [0.1, 0.15) is 47.0 Å². The first-order valence-corrected chi connectivity index (χ1v) is 11.1. The number of amides is 1. The zero-order valence-electron chi connectivity index (χ0n) is 18.2. The highest BCUT2D eigenvalue weighted by Gasteiger charge is 2.32. The van der Waals surface area contributed by atoms with Crippen LogP contribution in [0, 0.1) is 11.3 Å². The van der Waals surface area contributed by atoms with Gasteiger partial charge >= 0.3 is 0 Å². The molecule has 1 fully saturated rings. The molecule has 1 N–H and O–H groups in total. The summed E-state index contributed by atoms with van der Waals surface area (Å²) in [4.78, 5) is 13.2. The van der Waals surface area contributed by atoms with Gasteiger partial charge in [0.15, 0.2) is 0 Å². The minimum atomic E-state index is -1.28. The number of nitrogens with zero attached hydrogens (tertiary/aromatic N) is 3. The second-order valence-corrected chi connectivity index (χ2v) is 8.65. The summed E-state index contributed by atoms with van der Waals surface area (Å²) < 4.78 is 20.3. The van der Waals surface area contributed by atoms with Crippen molar-refractivity contribution in [3.05, 3.63) is 25.1 Å². The first-order chi connectivity index (χ1) is 13.8. The lowest BCUT2D eigenvalue weighted by Gasteiger charge is -2.36.